The Morgan fingerprint density at radius 2 is 0.574 bits per heavy atom. The van der Waals surface area contributed by atoms with Crippen LogP contribution in [0, 0.1) is 0 Å². The van der Waals surface area contributed by atoms with Gasteiger partial charge in [-0.3, -0.25) is 0 Å². The molecule has 0 N–H and O–H groups in total. The Kier molecular flexibility index (Phi) is 8.36. The summed E-state index contributed by atoms with van der Waals surface area (Å²) in [4.78, 5) is 15.2. The van der Waals surface area contributed by atoms with Gasteiger partial charge in [-0.2, -0.15) is 0 Å². The first-order valence-electron chi connectivity index (χ1n) is 20.6. The highest BCUT2D eigenvalue weighted by Crippen LogP contribution is 2.40. The van der Waals surface area contributed by atoms with Crippen molar-refractivity contribution in [2.24, 2.45) is 0 Å². The van der Waals surface area contributed by atoms with Crippen molar-refractivity contribution in [2.45, 2.75) is 0 Å². The predicted octanol–water partition coefficient (Wildman–Crippen LogP) is 15.7. The van der Waals surface area contributed by atoms with E-state index in [9.17, 15) is 0 Å². The lowest BCUT2D eigenvalue weighted by atomic mass is 9.92. The molecule has 0 atom stereocenters. The predicted molar refractivity (Wildman–Crippen MR) is 258 cm³/mol. The molecule has 4 heteroatoms. The molecule has 61 heavy (non-hydrogen) atoms. The third-order valence-corrected chi connectivity index (χ3v) is 13.1. The summed E-state index contributed by atoms with van der Waals surface area (Å²) in [5.41, 5.74) is 9.98. The Morgan fingerprint density at radius 1 is 0.213 bits per heavy atom. The first kappa shape index (κ1) is 35.2. The van der Waals surface area contributed by atoms with Crippen LogP contribution in [0.15, 0.2) is 212 Å². The molecule has 0 saturated carbocycles. The molecule has 0 aliphatic heterocycles. The van der Waals surface area contributed by atoms with E-state index in [4.69, 9.17) is 15.0 Å². The van der Waals surface area contributed by atoms with Crippen LogP contribution in [0.5, 0.6) is 0 Å². The summed E-state index contributed by atoms with van der Waals surface area (Å²) in [5.74, 6) is 1.95. The van der Waals surface area contributed by atoms with E-state index in [0.29, 0.717) is 17.5 Å². The van der Waals surface area contributed by atoms with Crippen LogP contribution in [0.1, 0.15) is 0 Å². The quantitative estimate of drug-likeness (QED) is 0.157. The minimum Gasteiger partial charge on any atom is -0.208 e. The molecule has 12 rings (SSSR count). The van der Waals surface area contributed by atoms with Gasteiger partial charge in [-0.25, -0.2) is 15.0 Å². The Morgan fingerprint density at radius 3 is 1.16 bits per heavy atom. The molecule has 0 radical (unpaired) electrons. The van der Waals surface area contributed by atoms with Gasteiger partial charge in [0, 0.05) is 36.9 Å². The highest BCUT2D eigenvalue weighted by Gasteiger charge is 2.16. The summed E-state index contributed by atoms with van der Waals surface area (Å²) in [6, 6.07) is 75.9. The van der Waals surface area contributed by atoms with Gasteiger partial charge in [0.15, 0.2) is 17.5 Å². The Balaban J connectivity index is 0.872. The van der Waals surface area contributed by atoms with Crippen molar-refractivity contribution < 1.29 is 0 Å². The smallest absolute Gasteiger partial charge is 0.164 e. The average Bonchev–Trinajstić information content (AvgIpc) is 3.72. The fourth-order valence-corrected chi connectivity index (χ4v) is 9.96. The van der Waals surface area contributed by atoms with E-state index >= 15 is 0 Å². The molecule has 0 aliphatic rings. The van der Waals surface area contributed by atoms with Crippen molar-refractivity contribution in [1.29, 1.82) is 0 Å². The summed E-state index contributed by atoms with van der Waals surface area (Å²) < 4.78 is 2.47. The van der Waals surface area contributed by atoms with E-state index in [0.717, 1.165) is 27.8 Å². The van der Waals surface area contributed by atoms with Gasteiger partial charge >= 0.3 is 0 Å². The molecule has 0 aliphatic carbocycles. The molecule has 2 aromatic heterocycles. The van der Waals surface area contributed by atoms with E-state index in [1.54, 1.807) is 11.3 Å². The van der Waals surface area contributed by atoms with Crippen LogP contribution in [0.3, 0.4) is 0 Å². The third-order valence-electron chi connectivity index (χ3n) is 11.9. The number of fused-ring (bicyclic) bond motifs is 9. The number of hydrogen-bond donors (Lipinski definition) is 0. The van der Waals surface area contributed by atoms with Crippen molar-refractivity contribution >= 4 is 63.8 Å². The maximum Gasteiger partial charge on any atom is 0.164 e. The number of aromatic nitrogens is 3. The maximum atomic E-state index is 5.10. The zero-order chi connectivity index (χ0) is 40.3. The fourth-order valence-electron chi connectivity index (χ4n) is 8.83. The molecular weight excluding hydrogens is 759 g/mol. The fraction of sp³-hybridized carbons (Fsp3) is 0. The molecule has 10 aromatic carbocycles. The second-order valence-electron chi connectivity index (χ2n) is 15.6. The highest BCUT2D eigenvalue weighted by molar-refractivity contribution is 7.25. The standard InChI is InChI=1S/C57H35N3S/c1-3-11-36(12-4-1)43-29-32-53-52(34-43)50-31-28-44(35-54(50)61-53)57-59-55(40-13-5-2-6-14-40)58-56(60-57)41-25-23-38(24-26-41)37-19-21-39(22-20-37)42-27-30-49-47-17-8-7-15-45(47)46-16-9-10-18-48(46)51(49)33-42/h1-35H. The molecular formula is C57H35N3S. The lowest BCUT2D eigenvalue weighted by molar-refractivity contribution is 1.07. The number of nitrogens with zero attached hydrogens (tertiary/aromatic N) is 3. The van der Waals surface area contributed by atoms with E-state index in [1.807, 2.05) is 18.2 Å². The van der Waals surface area contributed by atoms with E-state index in [2.05, 4.69) is 194 Å². The summed E-state index contributed by atoms with van der Waals surface area (Å²) >= 11 is 1.80. The highest BCUT2D eigenvalue weighted by atomic mass is 32.1. The minimum absolute atomic E-state index is 0.645. The van der Waals surface area contributed by atoms with Crippen LogP contribution in [0.25, 0.3) is 120 Å². The Bertz CT molecular complexity index is 3580. The molecule has 0 saturated heterocycles. The zero-order valence-electron chi connectivity index (χ0n) is 33.0. The van der Waals surface area contributed by atoms with Gasteiger partial charge < -0.3 is 0 Å². The molecule has 0 spiro atoms. The molecule has 0 amide bonds. The third kappa shape index (κ3) is 6.24. The molecule has 12 aromatic rings. The summed E-state index contributed by atoms with van der Waals surface area (Å²) in [7, 11) is 0. The van der Waals surface area contributed by atoms with Gasteiger partial charge in [-0.1, -0.05) is 188 Å². The van der Waals surface area contributed by atoms with Gasteiger partial charge in [0.25, 0.3) is 0 Å². The summed E-state index contributed by atoms with van der Waals surface area (Å²) in [6.07, 6.45) is 0. The van der Waals surface area contributed by atoms with Gasteiger partial charge in [0.2, 0.25) is 0 Å². The van der Waals surface area contributed by atoms with Crippen molar-refractivity contribution in [3.63, 3.8) is 0 Å². The zero-order valence-corrected chi connectivity index (χ0v) is 33.8. The van der Waals surface area contributed by atoms with Crippen LogP contribution in [0.4, 0.5) is 0 Å². The van der Waals surface area contributed by atoms with Crippen LogP contribution in [0.2, 0.25) is 0 Å². The van der Waals surface area contributed by atoms with E-state index in [1.165, 1.54) is 74.7 Å². The Hall–Kier alpha value is -7.79. The molecule has 0 bridgehead atoms. The van der Waals surface area contributed by atoms with E-state index in [-0.39, 0.29) is 0 Å². The second kappa shape index (κ2) is 14.5. The number of hydrogen-bond acceptors (Lipinski definition) is 4. The molecule has 3 nitrogen and oxygen atoms in total. The van der Waals surface area contributed by atoms with Gasteiger partial charge in [-0.15, -0.1) is 11.3 Å². The van der Waals surface area contributed by atoms with Gasteiger partial charge in [-0.05, 0) is 90.0 Å². The van der Waals surface area contributed by atoms with Crippen LogP contribution < -0.4 is 0 Å². The van der Waals surface area contributed by atoms with Crippen molar-refractivity contribution in [3.05, 3.63) is 212 Å². The monoisotopic (exact) mass is 793 g/mol. The maximum absolute atomic E-state index is 5.10. The Labute approximate surface area is 356 Å². The largest absolute Gasteiger partial charge is 0.208 e. The van der Waals surface area contributed by atoms with E-state index < -0.39 is 0 Å². The van der Waals surface area contributed by atoms with Gasteiger partial charge in [0.1, 0.15) is 0 Å². The molecule has 2 heterocycles. The van der Waals surface area contributed by atoms with Crippen molar-refractivity contribution in [3.8, 4) is 67.5 Å². The number of benzene rings is 10. The summed E-state index contributed by atoms with van der Waals surface area (Å²) in [5, 5.41) is 10.2. The molecule has 0 fully saturated rings. The first-order valence-corrected chi connectivity index (χ1v) is 21.4. The van der Waals surface area contributed by atoms with Crippen LogP contribution in [-0.4, -0.2) is 15.0 Å². The van der Waals surface area contributed by atoms with Crippen molar-refractivity contribution in [1.82, 2.24) is 15.0 Å². The average molecular weight is 794 g/mol. The SMILES string of the molecule is c1ccc(-c2ccc3sc4cc(-c5nc(-c6ccccc6)nc(-c6ccc(-c7ccc(-c8ccc9c%10ccccc%10c%10ccccc%10c9c8)cc7)cc6)n5)ccc4c3c2)cc1. The van der Waals surface area contributed by atoms with Gasteiger partial charge in [0.05, 0.1) is 0 Å². The lowest BCUT2D eigenvalue weighted by Crippen LogP contribution is -2.00. The number of rotatable bonds is 6. The molecule has 0 unspecified atom stereocenters. The molecule has 284 valence electrons. The lowest BCUT2D eigenvalue weighted by Gasteiger charge is -2.12. The normalized spacial score (nSPS) is 11.6. The number of thiophene rings is 1. The minimum atomic E-state index is 0.645. The van der Waals surface area contributed by atoms with Crippen LogP contribution >= 0.6 is 11.3 Å². The second-order valence-corrected chi connectivity index (χ2v) is 16.7. The van der Waals surface area contributed by atoms with Crippen molar-refractivity contribution in [2.75, 3.05) is 0 Å². The first-order chi connectivity index (χ1) is 30.2. The van der Waals surface area contributed by atoms with Crippen LogP contribution in [-0.2, 0) is 0 Å². The summed E-state index contributed by atoms with van der Waals surface area (Å²) in [6.45, 7) is 0. The topological polar surface area (TPSA) is 38.7 Å².